The minimum absolute atomic E-state index is 0.0867. The SMILES string of the molecule is CCCN(CC(C)C)c1cc2c(cc1Cl)NC(=O)CC(c1cccc(-c3nc(CO)cs3)c1)=N2. The first-order valence-corrected chi connectivity index (χ1v) is 12.8. The minimum Gasteiger partial charge on any atom is -0.390 e. The van der Waals surface area contributed by atoms with Gasteiger partial charge in [-0.3, -0.25) is 9.79 Å². The molecular weight excluding hydrogens is 468 g/mol. The van der Waals surface area contributed by atoms with Gasteiger partial charge < -0.3 is 15.3 Å². The molecule has 1 amide bonds. The number of amides is 1. The molecule has 0 bridgehead atoms. The second-order valence-corrected chi connectivity index (χ2v) is 10.1. The molecule has 8 heteroatoms. The molecule has 34 heavy (non-hydrogen) atoms. The maximum Gasteiger partial charge on any atom is 0.230 e. The summed E-state index contributed by atoms with van der Waals surface area (Å²) >= 11 is 8.15. The molecule has 0 fully saturated rings. The molecule has 0 saturated heterocycles. The maximum atomic E-state index is 12.7. The Morgan fingerprint density at radius 2 is 2.03 bits per heavy atom. The summed E-state index contributed by atoms with van der Waals surface area (Å²) in [5.74, 6) is 0.358. The molecule has 0 atom stereocenters. The predicted octanol–water partition coefficient (Wildman–Crippen LogP) is 6.29. The average Bonchev–Trinajstić information content (AvgIpc) is 3.23. The van der Waals surface area contributed by atoms with Crippen LogP contribution >= 0.6 is 22.9 Å². The molecule has 6 nitrogen and oxygen atoms in total. The van der Waals surface area contributed by atoms with E-state index >= 15 is 0 Å². The van der Waals surface area contributed by atoms with Gasteiger partial charge in [-0.15, -0.1) is 11.3 Å². The lowest BCUT2D eigenvalue weighted by atomic mass is 10.0. The van der Waals surface area contributed by atoms with E-state index in [1.807, 2.05) is 41.8 Å². The first-order valence-electron chi connectivity index (χ1n) is 11.5. The van der Waals surface area contributed by atoms with Crippen LogP contribution in [0.2, 0.25) is 5.02 Å². The number of carbonyl (C=O) groups is 1. The van der Waals surface area contributed by atoms with Crippen LogP contribution in [-0.4, -0.2) is 34.8 Å². The van der Waals surface area contributed by atoms with Crippen molar-refractivity contribution < 1.29 is 9.90 Å². The summed E-state index contributed by atoms with van der Waals surface area (Å²) in [7, 11) is 0. The Morgan fingerprint density at radius 1 is 1.24 bits per heavy atom. The van der Waals surface area contributed by atoms with Gasteiger partial charge in [-0.05, 0) is 36.1 Å². The zero-order valence-electron chi connectivity index (χ0n) is 19.6. The number of carbonyl (C=O) groups excluding carboxylic acids is 1. The van der Waals surface area contributed by atoms with Crippen LogP contribution < -0.4 is 10.2 Å². The molecule has 3 aromatic rings. The third kappa shape index (κ3) is 5.49. The number of aromatic nitrogens is 1. The van der Waals surface area contributed by atoms with Gasteiger partial charge in [-0.1, -0.05) is 50.6 Å². The van der Waals surface area contributed by atoms with Crippen molar-refractivity contribution >= 4 is 51.6 Å². The Hall–Kier alpha value is -2.74. The number of hydrogen-bond acceptors (Lipinski definition) is 6. The number of benzene rings is 2. The topological polar surface area (TPSA) is 77.8 Å². The molecule has 0 unspecified atom stereocenters. The van der Waals surface area contributed by atoms with E-state index < -0.39 is 0 Å². The van der Waals surface area contributed by atoms with Gasteiger partial charge in [0.05, 0.1) is 46.5 Å². The van der Waals surface area contributed by atoms with Crippen LogP contribution in [0.15, 0.2) is 46.8 Å². The van der Waals surface area contributed by atoms with Crippen LogP contribution in [0.5, 0.6) is 0 Å². The number of nitrogens with one attached hydrogen (secondary N) is 1. The van der Waals surface area contributed by atoms with Crippen molar-refractivity contribution in [1.29, 1.82) is 0 Å². The van der Waals surface area contributed by atoms with E-state index in [1.165, 1.54) is 11.3 Å². The summed E-state index contributed by atoms with van der Waals surface area (Å²) in [6, 6.07) is 11.7. The third-order valence-electron chi connectivity index (χ3n) is 5.50. The molecule has 2 N–H and O–H groups in total. The van der Waals surface area contributed by atoms with E-state index in [-0.39, 0.29) is 18.9 Å². The number of thiazole rings is 1. The number of fused-ring (bicyclic) bond motifs is 1. The largest absolute Gasteiger partial charge is 0.390 e. The van der Waals surface area contributed by atoms with E-state index in [4.69, 9.17) is 16.6 Å². The van der Waals surface area contributed by atoms with Crippen LogP contribution in [0.25, 0.3) is 10.6 Å². The number of rotatable bonds is 8. The highest BCUT2D eigenvalue weighted by Crippen LogP contribution is 2.39. The van der Waals surface area contributed by atoms with Crippen molar-refractivity contribution in [3.63, 3.8) is 0 Å². The van der Waals surface area contributed by atoms with E-state index in [1.54, 1.807) is 0 Å². The Labute approximate surface area is 209 Å². The molecule has 0 aliphatic carbocycles. The summed E-state index contributed by atoms with van der Waals surface area (Å²) in [6.07, 6.45) is 1.17. The Kier molecular flexibility index (Phi) is 7.66. The number of aliphatic hydroxyl groups excluding tert-OH is 1. The van der Waals surface area contributed by atoms with Crippen molar-refractivity contribution in [3.8, 4) is 10.6 Å². The van der Waals surface area contributed by atoms with Crippen LogP contribution in [0.4, 0.5) is 17.1 Å². The standard InChI is InChI=1S/C26H29ClN4O2S/c1-4-8-31(13-16(2)3)24-11-23-22(10-20(24)27)30-25(33)12-21(29-23)17-6-5-7-18(9-17)26-28-19(14-32)15-34-26/h5-7,9-11,15-16,32H,4,8,12-14H2,1-3H3,(H,30,33). The van der Waals surface area contributed by atoms with Gasteiger partial charge in [-0.2, -0.15) is 0 Å². The van der Waals surface area contributed by atoms with Gasteiger partial charge in [0.1, 0.15) is 5.01 Å². The van der Waals surface area contributed by atoms with Crippen molar-refractivity contribution in [2.45, 2.75) is 40.2 Å². The summed E-state index contributed by atoms with van der Waals surface area (Å²) in [4.78, 5) is 24.4. The van der Waals surface area contributed by atoms with Crippen LogP contribution in [0, 0.1) is 5.92 Å². The van der Waals surface area contributed by atoms with Crippen molar-refractivity contribution in [3.05, 3.63) is 58.1 Å². The number of hydrogen-bond donors (Lipinski definition) is 2. The smallest absolute Gasteiger partial charge is 0.230 e. The first kappa shape index (κ1) is 24.4. The Bertz CT molecular complexity index is 1220. The molecule has 178 valence electrons. The highest BCUT2D eigenvalue weighted by Gasteiger charge is 2.21. The van der Waals surface area contributed by atoms with Crippen LogP contribution in [-0.2, 0) is 11.4 Å². The molecule has 0 spiro atoms. The number of aliphatic imine (C=N–C) groups is 1. The molecule has 2 heterocycles. The van der Waals surface area contributed by atoms with E-state index in [9.17, 15) is 9.90 Å². The van der Waals surface area contributed by atoms with Crippen molar-refractivity contribution in [2.24, 2.45) is 10.9 Å². The summed E-state index contributed by atoms with van der Waals surface area (Å²) < 4.78 is 0. The molecule has 1 aliphatic rings. The molecule has 0 saturated carbocycles. The lowest BCUT2D eigenvalue weighted by Crippen LogP contribution is -2.28. The zero-order valence-corrected chi connectivity index (χ0v) is 21.2. The monoisotopic (exact) mass is 496 g/mol. The fourth-order valence-electron chi connectivity index (χ4n) is 4.05. The molecule has 1 aliphatic heterocycles. The predicted molar refractivity (Wildman–Crippen MR) is 142 cm³/mol. The van der Waals surface area contributed by atoms with Crippen LogP contribution in [0.1, 0.15) is 44.9 Å². The number of anilines is 2. The maximum absolute atomic E-state index is 12.7. The second-order valence-electron chi connectivity index (χ2n) is 8.83. The zero-order chi connectivity index (χ0) is 24.2. The number of halogens is 1. The quantitative estimate of drug-likeness (QED) is 0.384. The average molecular weight is 497 g/mol. The van der Waals surface area contributed by atoms with Gasteiger partial charge in [0, 0.05) is 24.0 Å². The van der Waals surface area contributed by atoms with Gasteiger partial charge in [-0.25, -0.2) is 4.98 Å². The summed E-state index contributed by atoms with van der Waals surface area (Å²) in [5, 5.41) is 15.6. The van der Waals surface area contributed by atoms with E-state index in [2.05, 4.69) is 36.0 Å². The lowest BCUT2D eigenvalue weighted by Gasteiger charge is -2.28. The molecule has 2 aromatic carbocycles. The minimum atomic E-state index is -0.129. The summed E-state index contributed by atoms with van der Waals surface area (Å²) in [6.45, 7) is 8.23. The van der Waals surface area contributed by atoms with Gasteiger partial charge in [0.25, 0.3) is 0 Å². The number of aliphatic hydroxyl groups is 1. The van der Waals surface area contributed by atoms with Gasteiger partial charge in [0.2, 0.25) is 5.91 Å². The molecule has 0 radical (unpaired) electrons. The normalized spacial score (nSPS) is 13.4. The Balaban J connectivity index is 1.75. The third-order valence-corrected chi connectivity index (χ3v) is 6.74. The highest BCUT2D eigenvalue weighted by atomic mass is 35.5. The van der Waals surface area contributed by atoms with E-state index in [0.717, 1.165) is 41.3 Å². The second kappa shape index (κ2) is 10.7. The van der Waals surface area contributed by atoms with E-state index in [0.29, 0.717) is 33.7 Å². The Morgan fingerprint density at radius 3 is 2.74 bits per heavy atom. The number of nitrogens with zero attached hydrogens (tertiary/aromatic N) is 3. The highest BCUT2D eigenvalue weighted by molar-refractivity contribution is 7.13. The van der Waals surface area contributed by atoms with Crippen molar-refractivity contribution in [2.75, 3.05) is 23.3 Å². The van der Waals surface area contributed by atoms with Crippen molar-refractivity contribution in [1.82, 2.24) is 4.98 Å². The molecular formula is C26H29ClN4O2S. The van der Waals surface area contributed by atoms with Gasteiger partial charge in [0.15, 0.2) is 0 Å². The fraction of sp³-hybridized carbons (Fsp3) is 0.346. The molecule has 4 rings (SSSR count). The van der Waals surface area contributed by atoms with Crippen LogP contribution in [0.3, 0.4) is 0 Å². The molecule has 1 aromatic heterocycles. The summed E-state index contributed by atoms with van der Waals surface area (Å²) in [5.41, 5.74) is 5.39. The first-order chi connectivity index (χ1) is 16.4. The van der Waals surface area contributed by atoms with Gasteiger partial charge >= 0.3 is 0 Å². The fourth-order valence-corrected chi connectivity index (χ4v) is 5.14. The lowest BCUT2D eigenvalue weighted by molar-refractivity contribution is -0.115.